The fraction of sp³-hybridized carbons (Fsp3) is 0.846. The number of hydrogen-bond acceptors (Lipinski definition) is 3. The first-order valence-corrected chi connectivity index (χ1v) is 6.26. The predicted molar refractivity (Wildman–Crippen MR) is 59.7 cm³/mol. The van der Waals surface area contributed by atoms with E-state index in [1.54, 1.807) is 0 Å². The monoisotopic (exact) mass is 221 g/mol. The van der Waals surface area contributed by atoms with E-state index in [-0.39, 0.29) is 5.60 Å². The number of hydrogen-bond donors (Lipinski definition) is 0. The van der Waals surface area contributed by atoms with Gasteiger partial charge in [0.05, 0.1) is 23.5 Å². The lowest BCUT2D eigenvalue weighted by Gasteiger charge is -2.40. The van der Waals surface area contributed by atoms with E-state index in [1.165, 1.54) is 6.42 Å². The van der Waals surface area contributed by atoms with Gasteiger partial charge >= 0.3 is 0 Å². The summed E-state index contributed by atoms with van der Waals surface area (Å²) in [6.07, 6.45) is 8.46. The molecule has 1 heterocycles. The van der Waals surface area contributed by atoms with Crippen molar-refractivity contribution in [1.29, 1.82) is 5.26 Å². The fourth-order valence-corrected chi connectivity index (χ4v) is 3.38. The molecule has 16 heavy (non-hydrogen) atoms. The number of nitrogens with zero attached hydrogens (tertiary/aromatic N) is 1. The highest BCUT2D eigenvalue weighted by atomic mass is 16.5. The second kappa shape index (κ2) is 4.55. The number of nitriles is 1. The maximum absolute atomic E-state index is 11.5. The Hall–Kier alpha value is -0.880. The summed E-state index contributed by atoms with van der Waals surface area (Å²) in [5.41, 5.74) is -0.840. The number of aldehydes is 1. The molecule has 1 saturated carbocycles. The largest absolute Gasteiger partial charge is 0.374 e. The van der Waals surface area contributed by atoms with Gasteiger partial charge in [-0.05, 0) is 32.1 Å². The van der Waals surface area contributed by atoms with Gasteiger partial charge in [0.15, 0.2) is 0 Å². The molecule has 1 spiro atoms. The third kappa shape index (κ3) is 1.66. The van der Waals surface area contributed by atoms with Crippen molar-refractivity contribution in [3.8, 4) is 6.07 Å². The van der Waals surface area contributed by atoms with E-state index >= 15 is 0 Å². The zero-order valence-corrected chi connectivity index (χ0v) is 9.71. The van der Waals surface area contributed by atoms with Crippen LogP contribution >= 0.6 is 0 Å². The second-order valence-corrected chi connectivity index (χ2v) is 5.12. The molecule has 0 aromatic heterocycles. The Morgan fingerprint density at radius 1 is 1.19 bits per heavy atom. The molecule has 3 nitrogen and oxygen atoms in total. The van der Waals surface area contributed by atoms with Crippen molar-refractivity contribution in [3.05, 3.63) is 0 Å². The molecule has 3 heteroatoms. The van der Waals surface area contributed by atoms with Crippen molar-refractivity contribution in [2.75, 3.05) is 6.61 Å². The molecule has 1 saturated heterocycles. The summed E-state index contributed by atoms with van der Waals surface area (Å²) in [5.74, 6) is 0. The molecule has 2 atom stereocenters. The van der Waals surface area contributed by atoms with Gasteiger partial charge in [-0.3, -0.25) is 0 Å². The number of carbonyl (C=O) groups excluding carboxylic acids is 1. The van der Waals surface area contributed by atoms with E-state index in [1.807, 2.05) is 0 Å². The summed E-state index contributed by atoms with van der Waals surface area (Å²) in [5, 5.41) is 8.94. The maximum Gasteiger partial charge on any atom is 0.130 e. The van der Waals surface area contributed by atoms with Gasteiger partial charge in [0, 0.05) is 6.61 Å². The fourth-order valence-electron chi connectivity index (χ4n) is 3.38. The standard InChI is InChI=1S/C13H19NO2/c14-9-8-12(11-15)5-4-7-13(12)6-2-1-3-10-16-13/h11H,1-8,10H2/t12-,13-/m1/s1. The van der Waals surface area contributed by atoms with Crippen molar-refractivity contribution in [3.63, 3.8) is 0 Å². The molecule has 0 bridgehead atoms. The summed E-state index contributed by atoms with van der Waals surface area (Å²) >= 11 is 0. The summed E-state index contributed by atoms with van der Waals surface area (Å²) in [6.45, 7) is 0.751. The van der Waals surface area contributed by atoms with E-state index in [2.05, 4.69) is 6.07 Å². The van der Waals surface area contributed by atoms with Crippen LogP contribution in [-0.4, -0.2) is 18.5 Å². The molecule has 0 unspecified atom stereocenters. The SMILES string of the molecule is N#CC[C@@]1(C=O)CCC[C@]12CCCCCO2. The Labute approximate surface area is 96.8 Å². The molecule has 0 radical (unpaired) electrons. The van der Waals surface area contributed by atoms with Crippen LogP contribution in [0.5, 0.6) is 0 Å². The molecule has 88 valence electrons. The quantitative estimate of drug-likeness (QED) is 0.673. The first kappa shape index (κ1) is 11.6. The van der Waals surface area contributed by atoms with Crippen molar-refractivity contribution in [2.45, 2.75) is 57.0 Å². The predicted octanol–water partition coefficient (Wildman–Crippen LogP) is 2.60. The normalized spacial score (nSPS) is 39.2. The van der Waals surface area contributed by atoms with Crippen LogP contribution in [0.2, 0.25) is 0 Å². The van der Waals surface area contributed by atoms with E-state index in [0.717, 1.165) is 51.4 Å². The lowest BCUT2D eigenvalue weighted by molar-refractivity contribution is -0.142. The summed E-state index contributed by atoms with van der Waals surface area (Å²) in [7, 11) is 0. The van der Waals surface area contributed by atoms with Crippen LogP contribution in [0.25, 0.3) is 0 Å². The third-order valence-electron chi connectivity index (χ3n) is 4.33. The minimum absolute atomic E-state index is 0.316. The lowest BCUT2D eigenvalue weighted by Crippen LogP contribution is -2.47. The van der Waals surface area contributed by atoms with Gasteiger partial charge in [0.25, 0.3) is 0 Å². The highest BCUT2D eigenvalue weighted by molar-refractivity contribution is 5.63. The second-order valence-electron chi connectivity index (χ2n) is 5.12. The topological polar surface area (TPSA) is 50.1 Å². The van der Waals surface area contributed by atoms with Crippen LogP contribution in [0.15, 0.2) is 0 Å². The maximum atomic E-state index is 11.5. The molecular weight excluding hydrogens is 202 g/mol. The molecule has 2 fully saturated rings. The molecule has 0 aromatic rings. The highest BCUT2D eigenvalue weighted by Crippen LogP contribution is 2.53. The molecule has 1 aliphatic heterocycles. The molecule has 2 rings (SSSR count). The summed E-state index contributed by atoms with van der Waals surface area (Å²) in [4.78, 5) is 11.5. The van der Waals surface area contributed by atoms with Gasteiger partial charge in [0.1, 0.15) is 6.29 Å². The Kier molecular flexibility index (Phi) is 3.30. The Morgan fingerprint density at radius 2 is 2.00 bits per heavy atom. The molecule has 2 aliphatic rings. The number of ether oxygens (including phenoxy) is 1. The van der Waals surface area contributed by atoms with Gasteiger partial charge in [-0.15, -0.1) is 0 Å². The van der Waals surface area contributed by atoms with Crippen LogP contribution in [-0.2, 0) is 9.53 Å². The first-order chi connectivity index (χ1) is 7.79. The van der Waals surface area contributed by atoms with E-state index in [4.69, 9.17) is 10.00 Å². The van der Waals surface area contributed by atoms with Crippen LogP contribution in [0.4, 0.5) is 0 Å². The minimum atomic E-state index is -0.522. The molecule has 0 N–H and O–H groups in total. The van der Waals surface area contributed by atoms with E-state index in [0.29, 0.717) is 6.42 Å². The van der Waals surface area contributed by atoms with Crippen molar-refractivity contribution in [1.82, 2.24) is 0 Å². The Bertz CT molecular complexity index is 300. The number of rotatable bonds is 2. The van der Waals surface area contributed by atoms with E-state index in [9.17, 15) is 4.79 Å². The average molecular weight is 221 g/mol. The van der Waals surface area contributed by atoms with Crippen LogP contribution < -0.4 is 0 Å². The van der Waals surface area contributed by atoms with Gasteiger partial charge < -0.3 is 9.53 Å². The average Bonchev–Trinajstić information content (AvgIpc) is 2.49. The highest BCUT2D eigenvalue weighted by Gasteiger charge is 2.55. The van der Waals surface area contributed by atoms with Gasteiger partial charge in [-0.25, -0.2) is 0 Å². The van der Waals surface area contributed by atoms with Gasteiger partial charge in [-0.2, -0.15) is 5.26 Å². The number of carbonyl (C=O) groups is 1. The molecule has 1 aliphatic carbocycles. The van der Waals surface area contributed by atoms with Gasteiger partial charge in [0.2, 0.25) is 0 Å². The molecule has 0 amide bonds. The summed E-state index contributed by atoms with van der Waals surface area (Å²) < 4.78 is 6.03. The minimum Gasteiger partial charge on any atom is -0.374 e. The van der Waals surface area contributed by atoms with Crippen molar-refractivity contribution < 1.29 is 9.53 Å². The van der Waals surface area contributed by atoms with Crippen LogP contribution in [0, 0.1) is 16.7 Å². The van der Waals surface area contributed by atoms with Crippen molar-refractivity contribution >= 4 is 6.29 Å². The van der Waals surface area contributed by atoms with Crippen LogP contribution in [0.3, 0.4) is 0 Å². The third-order valence-corrected chi connectivity index (χ3v) is 4.33. The van der Waals surface area contributed by atoms with Crippen LogP contribution in [0.1, 0.15) is 51.4 Å². The van der Waals surface area contributed by atoms with Crippen molar-refractivity contribution in [2.24, 2.45) is 5.41 Å². The Balaban J connectivity index is 2.28. The smallest absolute Gasteiger partial charge is 0.130 e. The zero-order chi connectivity index (χ0) is 11.5. The lowest BCUT2D eigenvalue weighted by atomic mass is 9.71. The van der Waals surface area contributed by atoms with E-state index < -0.39 is 5.41 Å². The summed E-state index contributed by atoms with van der Waals surface area (Å²) in [6, 6.07) is 2.18. The Morgan fingerprint density at radius 3 is 2.75 bits per heavy atom. The molecular formula is C13H19NO2. The zero-order valence-electron chi connectivity index (χ0n) is 9.71. The first-order valence-electron chi connectivity index (χ1n) is 6.26. The molecule has 0 aromatic carbocycles. The van der Waals surface area contributed by atoms with Gasteiger partial charge in [-0.1, -0.05) is 12.8 Å².